The van der Waals surface area contributed by atoms with Crippen LogP contribution < -0.4 is 4.90 Å². The van der Waals surface area contributed by atoms with Crippen LogP contribution in [0, 0.1) is 5.92 Å². The van der Waals surface area contributed by atoms with E-state index in [4.69, 9.17) is 0 Å². The lowest BCUT2D eigenvalue weighted by Gasteiger charge is -2.33. The minimum atomic E-state index is -3.65. The summed E-state index contributed by atoms with van der Waals surface area (Å²) in [6.07, 6.45) is 1.37. The van der Waals surface area contributed by atoms with Crippen molar-refractivity contribution in [2.75, 3.05) is 25.0 Å². The molecule has 0 N–H and O–H groups in total. The van der Waals surface area contributed by atoms with Crippen molar-refractivity contribution in [1.29, 1.82) is 0 Å². The highest BCUT2D eigenvalue weighted by Gasteiger charge is 2.34. The Morgan fingerprint density at radius 2 is 1.66 bits per heavy atom. The van der Waals surface area contributed by atoms with Crippen molar-refractivity contribution in [2.45, 2.75) is 17.7 Å². The van der Waals surface area contributed by atoms with Crippen molar-refractivity contribution < 1.29 is 13.2 Å². The predicted octanol–water partition coefficient (Wildman–Crippen LogP) is 3.90. The molecule has 0 bridgehead atoms. The van der Waals surface area contributed by atoms with E-state index in [9.17, 15) is 13.2 Å². The number of sulfonamides is 1. The minimum Gasteiger partial charge on any atom is -0.315 e. The van der Waals surface area contributed by atoms with E-state index < -0.39 is 10.0 Å². The second-order valence-corrected chi connectivity index (χ2v) is 9.38. The number of carbonyl (C=O) groups excluding carboxylic acids is 1. The van der Waals surface area contributed by atoms with Gasteiger partial charge in [0.25, 0.3) is 0 Å². The van der Waals surface area contributed by atoms with Gasteiger partial charge in [-0.1, -0.05) is 48.5 Å². The van der Waals surface area contributed by atoms with Gasteiger partial charge in [0, 0.05) is 25.8 Å². The van der Waals surface area contributed by atoms with Crippen LogP contribution in [0.15, 0.2) is 77.7 Å². The number of hydrogen-bond donors (Lipinski definition) is 0. The number of para-hydroxylation sites is 1. The molecular formula is C23H24N2O3S. The number of carbonyl (C=O) groups is 1. The first-order valence-electron chi connectivity index (χ1n) is 9.78. The first-order valence-corrected chi connectivity index (χ1v) is 11.2. The number of fused-ring (bicyclic) bond motifs is 1. The normalized spacial score (nSPS) is 17.9. The van der Waals surface area contributed by atoms with Crippen LogP contribution in [0.3, 0.4) is 0 Å². The zero-order valence-corrected chi connectivity index (χ0v) is 17.2. The highest BCUT2D eigenvalue weighted by molar-refractivity contribution is 7.89. The molecule has 0 aromatic heterocycles. The van der Waals surface area contributed by atoms with Crippen LogP contribution in [0.5, 0.6) is 0 Å². The van der Waals surface area contributed by atoms with Crippen LogP contribution in [0.1, 0.15) is 12.8 Å². The summed E-state index contributed by atoms with van der Waals surface area (Å²) in [6.45, 7) is 0.652. The molecule has 5 nitrogen and oxygen atoms in total. The molecule has 1 aliphatic heterocycles. The number of hydrogen-bond acceptors (Lipinski definition) is 3. The van der Waals surface area contributed by atoms with Crippen LogP contribution >= 0.6 is 0 Å². The Kier molecular flexibility index (Phi) is 5.39. The Bertz CT molecular complexity index is 1130. The maximum atomic E-state index is 13.2. The van der Waals surface area contributed by atoms with Crippen molar-refractivity contribution in [3.63, 3.8) is 0 Å². The molecule has 1 aliphatic rings. The molecule has 0 saturated carbocycles. The lowest BCUT2D eigenvalue weighted by atomic mass is 9.98. The quantitative estimate of drug-likeness (QED) is 0.658. The van der Waals surface area contributed by atoms with Crippen molar-refractivity contribution in [3.8, 4) is 0 Å². The minimum absolute atomic E-state index is 0.0467. The maximum Gasteiger partial charge on any atom is 0.243 e. The van der Waals surface area contributed by atoms with E-state index in [1.165, 1.54) is 4.31 Å². The van der Waals surface area contributed by atoms with Gasteiger partial charge in [-0.2, -0.15) is 4.31 Å². The molecule has 4 rings (SSSR count). The average molecular weight is 409 g/mol. The fourth-order valence-corrected chi connectivity index (χ4v) is 5.45. The first kappa shape index (κ1) is 19.6. The average Bonchev–Trinajstić information content (AvgIpc) is 2.78. The number of amides is 1. The Labute approximate surface area is 171 Å². The molecule has 0 radical (unpaired) electrons. The third-order valence-corrected chi connectivity index (χ3v) is 7.43. The summed E-state index contributed by atoms with van der Waals surface area (Å²) in [5, 5.41) is 1.89. The Balaban J connectivity index is 1.56. The van der Waals surface area contributed by atoms with E-state index in [0.29, 0.717) is 19.4 Å². The molecule has 3 aromatic carbocycles. The van der Waals surface area contributed by atoms with E-state index in [1.807, 2.05) is 60.7 Å². The van der Waals surface area contributed by atoms with Gasteiger partial charge in [0.15, 0.2) is 0 Å². The lowest BCUT2D eigenvalue weighted by Crippen LogP contribution is -2.45. The van der Waals surface area contributed by atoms with Crippen molar-refractivity contribution in [2.24, 2.45) is 5.92 Å². The van der Waals surface area contributed by atoms with E-state index in [-0.39, 0.29) is 23.3 Å². The third-order valence-electron chi connectivity index (χ3n) is 5.57. The zero-order chi connectivity index (χ0) is 20.4. The second-order valence-electron chi connectivity index (χ2n) is 7.44. The summed E-state index contributed by atoms with van der Waals surface area (Å²) in [5.74, 6) is -0.390. The highest BCUT2D eigenvalue weighted by atomic mass is 32.2. The van der Waals surface area contributed by atoms with Crippen molar-refractivity contribution in [1.82, 2.24) is 4.31 Å². The molecular weight excluding hydrogens is 384 g/mol. The van der Waals surface area contributed by atoms with Crippen LogP contribution in [-0.4, -0.2) is 38.8 Å². The summed E-state index contributed by atoms with van der Waals surface area (Å²) in [7, 11) is -1.90. The summed E-state index contributed by atoms with van der Waals surface area (Å²) >= 11 is 0. The molecule has 6 heteroatoms. The standard InChI is InChI=1S/C23H24N2O3S/c1-24(21-11-3-2-4-12-21)23(26)20-10-7-15-25(17-20)29(27,28)22-14-13-18-8-5-6-9-19(18)16-22/h2-6,8-9,11-14,16,20H,7,10,15,17H2,1H3. The molecule has 1 amide bonds. The van der Waals surface area contributed by atoms with E-state index in [0.717, 1.165) is 16.5 Å². The van der Waals surface area contributed by atoms with Gasteiger partial charge in [-0.3, -0.25) is 4.79 Å². The van der Waals surface area contributed by atoms with Gasteiger partial charge in [0.05, 0.1) is 10.8 Å². The summed E-state index contributed by atoms with van der Waals surface area (Å²) < 4.78 is 27.9. The molecule has 1 atom stereocenters. The van der Waals surface area contributed by atoms with Gasteiger partial charge in [0.1, 0.15) is 0 Å². The van der Waals surface area contributed by atoms with Crippen LogP contribution in [0.25, 0.3) is 10.8 Å². The SMILES string of the molecule is CN(C(=O)C1CCCN(S(=O)(=O)c2ccc3ccccc3c2)C1)c1ccccc1. The molecule has 29 heavy (non-hydrogen) atoms. The molecule has 1 heterocycles. The summed E-state index contributed by atoms with van der Waals surface area (Å²) in [5.41, 5.74) is 0.812. The van der Waals surface area contributed by atoms with Crippen LogP contribution in [0.2, 0.25) is 0 Å². The number of rotatable bonds is 4. The first-order chi connectivity index (χ1) is 14.0. The molecule has 0 aliphatic carbocycles. The molecule has 1 fully saturated rings. The van der Waals surface area contributed by atoms with Gasteiger partial charge < -0.3 is 4.90 Å². The third kappa shape index (κ3) is 3.91. The van der Waals surface area contributed by atoms with Crippen LogP contribution in [-0.2, 0) is 14.8 Å². The molecule has 1 saturated heterocycles. The van der Waals surface area contributed by atoms with Gasteiger partial charge >= 0.3 is 0 Å². The molecule has 1 unspecified atom stereocenters. The topological polar surface area (TPSA) is 57.7 Å². The van der Waals surface area contributed by atoms with Gasteiger partial charge in [0.2, 0.25) is 15.9 Å². The van der Waals surface area contributed by atoms with E-state index >= 15 is 0 Å². The maximum absolute atomic E-state index is 13.2. The second kappa shape index (κ2) is 7.97. The number of nitrogens with zero attached hydrogens (tertiary/aromatic N) is 2. The monoisotopic (exact) mass is 408 g/mol. The lowest BCUT2D eigenvalue weighted by molar-refractivity contribution is -0.123. The van der Waals surface area contributed by atoms with Gasteiger partial charge in [-0.25, -0.2) is 8.42 Å². The Hall–Kier alpha value is -2.70. The fraction of sp³-hybridized carbons (Fsp3) is 0.261. The number of benzene rings is 3. The highest BCUT2D eigenvalue weighted by Crippen LogP contribution is 2.28. The zero-order valence-electron chi connectivity index (χ0n) is 16.4. The van der Waals surface area contributed by atoms with Gasteiger partial charge in [-0.05, 0) is 47.9 Å². The van der Waals surface area contributed by atoms with Gasteiger partial charge in [-0.15, -0.1) is 0 Å². The van der Waals surface area contributed by atoms with E-state index in [1.54, 1.807) is 24.1 Å². The molecule has 150 valence electrons. The fourth-order valence-electron chi connectivity index (χ4n) is 3.89. The van der Waals surface area contributed by atoms with E-state index in [2.05, 4.69) is 0 Å². The number of anilines is 1. The largest absolute Gasteiger partial charge is 0.315 e. The summed E-state index contributed by atoms with van der Waals surface area (Å²) in [6, 6.07) is 22.3. The van der Waals surface area contributed by atoms with Crippen LogP contribution in [0.4, 0.5) is 5.69 Å². The number of piperidine rings is 1. The molecule has 3 aromatic rings. The predicted molar refractivity (Wildman–Crippen MR) is 115 cm³/mol. The van der Waals surface area contributed by atoms with Crippen molar-refractivity contribution in [3.05, 3.63) is 72.8 Å². The molecule has 0 spiro atoms. The Morgan fingerprint density at radius 3 is 2.41 bits per heavy atom. The van der Waals surface area contributed by atoms with Crippen molar-refractivity contribution >= 4 is 32.4 Å². The summed E-state index contributed by atoms with van der Waals surface area (Å²) in [4.78, 5) is 14.9. The Morgan fingerprint density at radius 1 is 0.966 bits per heavy atom. The smallest absolute Gasteiger partial charge is 0.243 e.